The molecule has 2 aromatic heterocycles. The zero-order valence-corrected chi connectivity index (χ0v) is 14.8. The average molecular weight is 364 g/mol. The number of anilines is 1. The van der Waals surface area contributed by atoms with Crippen molar-refractivity contribution in [3.05, 3.63) is 45.1 Å². The van der Waals surface area contributed by atoms with Crippen molar-refractivity contribution >= 4 is 39.8 Å². The first-order valence-corrected chi connectivity index (χ1v) is 8.22. The molecule has 124 valence electrons. The van der Waals surface area contributed by atoms with Crippen LogP contribution in [0.2, 0.25) is 5.15 Å². The zero-order chi connectivity index (χ0) is 17.9. The van der Waals surface area contributed by atoms with E-state index in [2.05, 4.69) is 10.3 Å². The maximum atomic E-state index is 12.3. The highest BCUT2D eigenvalue weighted by molar-refractivity contribution is 7.14. The molecule has 0 spiro atoms. The van der Waals surface area contributed by atoms with Crippen molar-refractivity contribution in [1.82, 2.24) is 4.98 Å². The average Bonchev–Trinajstić information content (AvgIpc) is 2.93. The number of rotatable bonds is 4. The highest BCUT2D eigenvalue weighted by Crippen LogP contribution is 2.23. The van der Waals surface area contributed by atoms with Gasteiger partial charge in [-0.3, -0.25) is 4.79 Å². The van der Waals surface area contributed by atoms with E-state index in [1.54, 1.807) is 31.4 Å². The van der Waals surface area contributed by atoms with E-state index in [9.17, 15) is 9.59 Å². The summed E-state index contributed by atoms with van der Waals surface area (Å²) in [6.07, 6.45) is -1.05. The predicted octanol–water partition coefficient (Wildman–Crippen LogP) is 3.47. The lowest BCUT2D eigenvalue weighted by Gasteiger charge is -2.14. The van der Waals surface area contributed by atoms with Crippen LogP contribution in [0.5, 0.6) is 0 Å². The van der Waals surface area contributed by atoms with Crippen LogP contribution in [0.3, 0.4) is 0 Å². The molecule has 0 bridgehead atoms. The minimum absolute atomic E-state index is 0.0372. The van der Waals surface area contributed by atoms with Gasteiger partial charge in [-0.15, -0.1) is 11.3 Å². The second-order valence-electron chi connectivity index (χ2n) is 5.06. The molecule has 2 heterocycles. The number of aromatic nitrogens is 1. The first-order chi connectivity index (χ1) is 11.3. The number of hydrogen-bond donors (Lipinski definition) is 1. The Bertz CT molecular complexity index is 818. The van der Waals surface area contributed by atoms with E-state index < -0.39 is 18.0 Å². The number of halogens is 1. The molecule has 2 aromatic rings. The van der Waals surface area contributed by atoms with Gasteiger partial charge < -0.3 is 10.1 Å². The molecule has 0 aliphatic carbocycles. The maximum absolute atomic E-state index is 12.3. The van der Waals surface area contributed by atoms with Crippen LogP contribution in [-0.4, -0.2) is 23.0 Å². The Morgan fingerprint density at radius 3 is 2.79 bits per heavy atom. The van der Waals surface area contributed by atoms with Gasteiger partial charge in [0.1, 0.15) is 16.2 Å². The number of ether oxygens (including phenoxy) is 1. The van der Waals surface area contributed by atoms with Crippen molar-refractivity contribution in [2.45, 2.75) is 26.9 Å². The summed E-state index contributed by atoms with van der Waals surface area (Å²) in [5.41, 5.74) is 1.79. The molecule has 0 unspecified atom stereocenters. The van der Waals surface area contributed by atoms with Gasteiger partial charge in [0, 0.05) is 5.69 Å². The van der Waals surface area contributed by atoms with Crippen molar-refractivity contribution in [2.24, 2.45) is 0 Å². The molecule has 0 aromatic carbocycles. The summed E-state index contributed by atoms with van der Waals surface area (Å²) in [6.45, 7) is 4.92. The lowest BCUT2D eigenvalue weighted by molar-refractivity contribution is -0.123. The predicted molar refractivity (Wildman–Crippen MR) is 91.3 cm³/mol. The number of nitrogens with zero attached hydrogens (tertiary/aromatic N) is 2. The molecular formula is C16H14ClN3O3S. The molecule has 0 radical (unpaired) electrons. The molecular weight excluding hydrogens is 350 g/mol. The Morgan fingerprint density at radius 2 is 2.17 bits per heavy atom. The van der Waals surface area contributed by atoms with Crippen molar-refractivity contribution in [2.75, 3.05) is 5.32 Å². The number of carbonyl (C=O) groups excluding carboxylic acids is 2. The molecule has 24 heavy (non-hydrogen) atoms. The van der Waals surface area contributed by atoms with Crippen molar-refractivity contribution in [3.63, 3.8) is 0 Å². The standard InChI is InChI=1S/C16H14ClN3O3S/c1-8-6-9(2)19-13(17)12(8)16(22)23-10(3)14(21)20-15-11(7-18)4-5-24-15/h4-6,10H,1-3H3,(H,20,21)/t10-/m0/s1. The van der Waals surface area contributed by atoms with Crippen LogP contribution < -0.4 is 5.32 Å². The fourth-order valence-corrected chi connectivity index (χ4v) is 3.12. The summed E-state index contributed by atoms with van der Waals surface area (Å²) < 4.78 is 5.17. The molecule has 2 rings (SSSR count). The van der Waals surface area contributed by atoms with Crippen molar-refractivity contribution < 1.29 is 14.3 Å². The van der Waals surface area contributed by atoms with Crippen molar-refractivity contribution in [1.29, 1.82) is 5.26 Å². The monoisotopic (exact) mass is 363 g/mol. The normalized spacial score (nSPS) is 11.5. The highest BCUT2D eigenvalue weighted by Gasteiger charge is 2.23. The summed E-state index contributed by atoms with van der Waals surface area (Å²) in [5.74, 6) is -1.25. The van der Waals surface area contributed by atoms with Crippen LogP contribution in [0.15, 0.2) is 17.5 Å². The van der Waals surface area contributed by atoms with Crippen LogP contribution >= 0.6 is 22.9 Å². The van der Waals surface area contributed by atoms with Gasteiger partial charge in [0.25, 0.3) is 5.91 Å². The number of nitriles is 1. The molecule has 8 heteroatoms. The zero-order valence-electron chi connectivity index (χ0n) is 13.2. The largest absolute Gasteiger partial charge is 0.449 e. The number of nitrogens with one attached hydrogen (secondary N) is 1. The number of esters is 1. The SMILES string of the molecule is Cc1cc(C)c(C(=O)O[C@@H](C)C(=O)Nc2sccc2C#N)c(Cl)n1. The fraction of sp³-hybridized carbons (Fsp3) is 0.250. The quantitative estimate of drug-likeness (QED) is 0.663. The molecule has 1 amide bonds. The van der Waals surface area contributed by atoms with Crippen LogP contribution in [0.4, 0.5) is 5.00 Å². The summed E-state index contributed by atoms with van der Waals surface area (Å²) in [5, 5.41) is 13.6. The Morgan fingerprint density at radius 1 is 1.46 bits per heavy atom. The highest BCUT2D eigenvalue weighted by atomic mass is 35.5. The van der Waals surface area contributed by atoms with Crippen LogP contribution in [0, 0.1) is 25.2 Å². The molecule has 0 aliphatic rings. The Hall–Kier alpha value is -2.43. The van der Waals surface area contributed by atoms with Gasteiger partial charge in [-0.2, -0.15) is 5.26 Å². The van der Waals surface area contributed by atoms with Gasteiger partial charge in [0.2, 0.25) is 0 Å². The minimum atomic E-state index is -1.05. The maximum Gasteiger partial charge on any atom is 0.342 e. The third-order valence-electron chi connectivity index (χ3n) is 3.18. The number of amides is 1. The summed E-state index contributed by atoms with van der Waals surface area (Å²) in [7, 11) is 0. The van der Waals surface area contributed by atoms with Gasteiger partial charge in [-0.1, -0.05) is 11.6 Å². The van der Waals surface area contributed by atoms with E-state index in [-0.39, 0.29) is 10.7 Å². The van der Waals surface area contributed by atoms with Crippen molar-refractivity contribution in [3.8, 4) is 6.07 Å². The Labute approximate surface area is 148 Å². The second kappa shape index (κ2) is 7.43. The molecule has 6 nitrogen and oxygen atoms in total. The molecule has 0 saturated carbocycles. The van der Waals surface area contributed by atoms with Crippen LogP contribution in [0.25, 0.3) is 0 Å². The van der Waals surface area contributed by atoms with Gasteiger partial charge in [0.15, 0.2) is 6.10 Å². The number of hydrogen-bond acceptors (Lipinski definition) is 6. The van der Waals surface area contributed by atoms with Gasteiger partial charge in [0.05, 0.1) is 11.1 Å². The second-order valence-corrected chi connectivity index (χ2v) is 6.33. The lowest BCUT2D eigenvalue weighted by atomic mass is 10.1. The number of aryl methyl sites for hydroxylation is 2. The fourth-order valence-electron chi connectivity index (χ4n) is 2.02. The van der Waals surface area contributed by atoms with E-state index in [1.807, 2.05) is 6.07 Å². The molecule has 1 atom stereocenters. The van der Waals surface area contributed by atoms with Crippen LogP contribution in [0.1, 0.15) is 34.1 Å². The van der Waals surface area contributed by atoms with Gasteiger partial charge >= 0.3 is 5.97 Å². The summed E-state index contributed by atoms with van der Waals surface area (Å²) in [6, 6.07) is 5.27. The van der Waals surface area contributed by atoms with Gasteiger partial charge in [-0.05, 0) is 43.8 Å². The summed E-state index contributed by atoms with van der Waals surface area (Å²) >= 11 is 7.22. The van der Waals surface area contributed by atoms with Gasteiger partial charge in [-0.25, -0.2) is 9.78 Å². The van der Waals surface area contributed by atoms with E-state index >= 15 is 0 Å². The van der Waals surface area contributed by atoms with Crippen LogP contribution in [-0.2, 0) is 9.53 Å². The topological polar surface area (TPSA) is 92.1 Å². The minimum Gasteiger partial charge on any atom is -0.449 e. The third-order valence-corrected chi connectivity index (χ3v) is 4.28. The lowest BCUT2D eigenvalue weighted by Crippen LogP contribution is -2.30. The Balaban J connectivity index is 2.09. The first-order valence-electron chi connectivity index (χ1n) is 6.96. The number of pyridine rings is 1. The third kappa shape index (κ3) is 3.91. The number of carbonyl (C=O) groups is 2. The molecule has 0 fully saturated rings. The van der Waals surface area contributed by atoms with E-state index in [0.717, 1.165) is 0 Å². The van der Waals surface area contributed by atoms with E-state index in [4.69, 9.17) is 21.6 Å². The smallest absolute Gasteiger partial charge is 0.342 e. The molecule has 0 aliphatic heterocycles. The van der Waals surface area contributed by atoms with E-state index in [1.165, 1.54) is 18.3 Å². The van der Waals surface area contributed by atoms with E-state index in [0.29, 0.717) is 21.8 Å². The first kappa shape index (κ1) is 17.9. The molecule has 0 saturated heterocycles. The summed E-state index contributed by atoms with van der Waals surface area (Å²) in [4.78, 5) is 28.4. The number of thiophene rings is 1. The molecule has 1 N–H and O–H groups in total. The Kier molecular flexibility index (Phi) is 5.54.